The van der Waals surface area contributed by atoms with E-state index in [0.29, 0.717) is 11.3 Å². The van der Waals surface area contributed by atoms with Crippen molar-refractivity contribution in [1.29, 1.82) is 0 Å². The lowest BCUT2D eigenvalue weighted by Gasteiger charge is -2.49. The highest BCUT2D eigenvalue weighted by Crippen LogP contribution is 2.40. The first kappa shape index (κ1) is 23.4. The first-order valence-corrected chi connectivity index (χ1v) is 9.98. The minimum absolute atomic E-state index is 0. The van der Waals surface area contributed by atoms with Crippen LogP contribution in [0.4, 0.5) is 5.13 Å². The number of carboxylic acid groups (broad SMARTS) is 1. The molecular weight excluding hydrogens is 458 g/mol. The molecule has 0 aliphatic carbocycles. The topological polar surface area (TPSA) is 164 Å². The summed E-state index contributed by atoms with van der Waals surface area (Å²) in [6.45, 7) is 4.68. The molecule has 2 atom stereocenters. The second-order valence-electron chi connectivity index (χ2n) is 5.84. The Hall–Kier alpha value is -2.90. The molecule has 1 aromatic rings. The summed E-state index contributed by atoms with van der Waals surface area (Å²) in [5.41, 5.74) is 5.58. The van der Waals surface area contributed by atoms with E-state index in [9.17, 15) is 24.3 Å². The second kappa shape index (κ2) is 9.28. The number of carbonyl (C=O) groups excluding carboxylic acids is 3. The van der Waals surface area contributed by atoms with Crippen molar-refractivity contribution in [3.63, 3.8) is 0 Å². The lowest BCUT2D eigenvalue weighted by molar-refractivity contribution is -0.150. The molecule has 4 N–H and O–H groups in total. The number of amides is 2. The van der Waals surface area contributed by atoms with E-state index in [1.165, 1.54) is 23.2 Å². The van der Waals surface area contributed by atoms with Crippen LogP contribution in [0.5, 0.6) is 0 Å². The van der Waals surface area contributed by atoms with Crippen molar-refractivity contribution in [3.8, 4) is 0 Å². The highest BCUT2D eigenvalue weighted by atomic mass is 35.5. The van der Waals surface area contributed by atoms with Gasteiger partial charge >= 0.3 is 11.9 Å². The predicted molar refractivity (Wildman–Crippen MR) is 112 cm³/mol. The minimum Gasteiger partial charge on any atom is -0.477 e. The monoisotopic (exact) mass is 473 g/mol. The van der Waals surface area contributed by atoms with E-state index >= 15 is 0 Å². The number of thiazole rings is 1. The van der Waals surface area contributed by atoms with Gasteiger partial charge in [0, 0.05) is 18.1 Å². The van der Waals surface area contributed by atoms with Gasteiger partial charge in [-0.1, -0.05) is 17.8 Å². The number of halogens is 1. The molecule has 30 heavy (non-hydrogen) atoms. The molecule has 1 fully saturated rings. The molecular formula is C16H16ClN5O6S2. The number of rotatable bonds is 6. The first-order valence-electron chi connectivity index (χ1n) is 8.06. The number of nitrogen functional groups attached to an aromatic ring is 1. The van der Waals surface area contributed by atoms with Crippen LogP contribution >= 0.6 is 35.5 Å². The van der Waals surface area contributed by atoms with E-state index in [1.54, 1.807) is 0 Å². The Morgan fingerprint density at radius 3 is 2.73 bits per heavy atom. The molecule has 14 heteroatoms. The molecule has 2 unspecified atom stereocenters. The van der Waals surface area contributed by atoms with Gasteiger partial charge < -0.3 is 21.0 Å². The number of hydrogen-bond acceptors (Lipinski definition) is 10. The normalized spacial score (nSPS) is 20.5. The van der Waals surface area contributed by atoms with Crippen molar-refractivity contribution in [3.05, 3.63) is 35.0 Å². The van der Waals surface area contributed by atoms with E-state index in [0.717, 1.165) is 23.2 Å². The molecule has 1 saturated heterocycles. The summed E-state index contributed by atoms with van der Waals surface area (Å²) in [5.74, 6) is -3.08. The van der Waals surface area contributed by atoms with Gasteiger partial charge in [-0.3, -0.25) is 14.5 Å². The van der Waals surface area contributed by atoms with Crippen molar-refractivity contribution in [2.24, 2.45) is 5.16 Å². The number of anilines is 1. The van der Waals surface area contributed by atoms with Gasteiger partial charge in [-0.25, -0.2) is 14.6 Å². The highest BCUT2D eigenvalue weighted by molar-refractivity contribution is 8.00. The van der Waals surface area contributed by atoms with Crippen LogP contribution in [-0.2, 0) is 24.0 Å². The van der Waals surface area contributed by atoms with Gasteiger partial charge in [0.25, 0.3) is 11.8 Å². The Morgan fingerprint density at radius 1 is 1.50 bits per heavy atom. The lowest BCUT2D eigenvalue weighted by atomic mass is 10.0. The molecule has 2 aliphatic heterocycles. The second-order valence-corrected chi connectivity index (χ2v) is 7.83. The number of thioether (sulfide) groups is 1. The smallest absolute Gasteiger partial charge is 0.352 e. The number of carbonyl (C=O) groups is 4. The lowest BCUT2D eigenvalue weighted by Crippen LogP contribution is -2.71. The Bertz CT molecular complexity index is 991. The van der Waals surface area contributed by atoms with E-state index in [4.69, 9.17) is 5.73 Å². The standard InChI is InChI=1S/C16H15N5O6S2.ClH/c1-3-7-4-28-14-10(13(24)21(14)11(7)15(25)26)19-12(23)9(20-27-6(2)22)8-5-29-16(17)18-8;/h3,5,10,14H,1,4H2,2H3,(H2,17,18)(H,19,23)(H,25,26);1H/b20-9+;. The summed E-state index contributed by atoms with van der Waals surface area (Å²) >= 11 is 2.34. The van der Waals surface area contributed by atoms with Crippen LogP contribution in [0.1, 0.15) is 12.6 Å². The molecule has 2 aliphatic rings. The number of allylic oxidation sites excluding steroid dienone is 1. The molecule has 1 aromatic heterocycles. The Morgan fingerprint density at radius 2 is 2.20 bits per heavy atom. The van der Waals surface area contributed by atoms with E-state index in [1.807, 2.05) is 0 Å². The van der Waals surface area contributed by atoms with Gasteiger partial charge in [0.15, 0.2) is 10.8 Å². The van der Waals surface area contributed by atoms with Gasteiger partial charge in [-0.2, -0.15) is 0 Å². The minimum atomic E-state index is -1.25. The summed E-state index contributed by atoms with van der Waals surface area (Å²) < 4.78 is 0. The van der Waals surface area contributed by atoms with Gasteiger partial charge in [0.05, 0.1) is 0 Å². The quantitative estimate of drug-likeness (QED) is 0.228. The fraction of sp³-hybridized carbons (Fsp3) is 0.250. The molecule has 160 valence electrons. The third kappa shape index (κ3) is 4.32. The van der Waals surface area contributed by atoms with Crippen LogP contribution in [0.15, 0.2) is 34.5 Å². The van der Waals surface area contributed by atoms with Gasteiger partial charge in [-0.15, -0.1) is 35.5 Å². The van der Waals surface area contributed by atoms with Crippen LogP contribution in [0, 0.1) is 0 Å². The number of oxime groups is 1. The molecule has 0 radical (unpaired) electrons. The first-order chi connectivity index (χ1) is 13.7. The largest absolute Gasteiger partial charge is 0.477 e. The summed E-state index contributed by atoms with van der Waals surface area (Å²) in [6, 6.07) is -0.980. The molecule has 3 heterocycles. The van der Waals surface area contributed by atoms with E-state index in [2.05, 4.69) is 26.9 Å². The van der Waals surface area contributed by atoms with E-state index in [-0.39, 0.29) is 34.6 Å². The average Bonchev–Trinajstić information content (AvgIpc) is 3.10. The van der Waals surface area contributed by atoms with Crippen LogP contribution < -0.4 is 11.1 Å². The van der Waals surface area contributed by atoms with Gasteiger partial charge in [0.2, 0.25) is 0 Å². The van der Waals surface area contributed by atoms with Gasteiger partial charge in [0.1, 0.15) is 22.8 Å². The van der Waals surface area contributed by atoms with E-state index < -0.39 is 35.2 Å². The number of hydrogen-bond donors (Lipinski definition) is 3. The fourth-order valence-corrected chi connectivity index (χ4v) is 4.61. The number of nitrogens with zero attached hydrogens (tertiary/aromatic N) is 3. The Balaban J connectivity index is 0.00000320. The molecule has 11 nitrogen and oxygen atoms in total. The third-order valence-electron chi connectivity index (χ3n) is 3.98. The van der Waals surface area contributed by atoms with Crippen molar-refractivity contribution in [2.75, 3.05) is 11.5 Å². The molecule has 0 aromatic carbocycles. The zero-order valence-electron chi connectivity index (χ0n) is 15.4. The average molecular weight is 474 g/mol. The Kier molecular flexibility index (Phi) is 7.23. The summed E-state index contributed by atoms with van der Waals surface area (Å²) in [4.78, 5) is 57.4. The van der Waals surface area contributed by atoms with Crippen molar-refractivity contribution in [2.45, 2.75) is 18.3 Å². The number of β-lactam (4-membered cyclic amide) rings is 1. The zero-order chi connectivity index (χ0) is 21.3. The maximum atomic E-state index is 12.7. The maximum absolute atomic E-state index is 12.7. The van der Waals surface area contributed by atoms with Crippen LogP contribution in [0.25, 0.3) is 0 Å². The van der Waals surface area contributed by atoms with Crippen LogP contribution in [0.2, 0.25) is 0 Å². The van der Waals surface area contributed by atoms with Crippen molar-refractivity contribution >= 4 is 70.1 Å². The molecule has 0 spiro atoms. The fourth-order valence-electron chi connectivity index (χ4n) is 2.72. The number of aromatic nitrogens is 1. The Labute approximate surface area is 184 Å². The third-order valence-corrected chi connectivity index (χ3v) is 5.95. The highest BCUT2D eigenvalue weighted by Gasteiger charge is 2.54. The van der Waals surface area contributed by atoms with Crippen LogP contribution in [-0.4, -0.2) is 61.6 Å². The predicted octanol–water partition coefficient (Wildman–Crippen LogP) is 0.339. The molecule has 0 bridgehead atoms. The number of nitrogens with one attached hydrogen (secondary N) is 1. The van der Waals surface area contributed by atoms with Crippen molar-refractivity contribution < 1.29 is 29.1 Å². The number of carboxylic acids is 1. The molecule has 3 rings (SSSR count). The SMILES string of the molecule is C=CC1=C(C(=O)O)N2C(=O)C(NC(=O)/C(=N/OC(C)=O)c3csc(N)n3)C2SC1.Cl. The number of fused-ring (bicyclic) bond motifs is 1. The van der Waals surface area contributed by atoms with Crippen LogP contribution in [0.3, 0.4) is 0 Å². The van der Waals surface area contributed by atoms with Crippen molar-refractivity contribution in [1.82, 2.24) is 15.2 Å². The summed E-state index contributed by atoms with van der Waals surface area (Å²) in [7, 11) is 0. The molecule has 2 amide bonds. The van der Waals surface area contributed by atoms with Gasteiger partial charge in [-0.05, 0) is 5.57 Å². The number of aliphatic carboxylic acids is 1. The summed E-state index contributed by atoms with van der Waals surface area (Å²) in [6.07, 6.45) is 1.39. The number of nitrogens with two attached hydrogens (primary N) is 1. The zero-order valence-corrected chi connectivity index (χ0v) is 17.8. The molecule has 0 saturated carbocycles. The maximum Gasteiger partial charge on any atom is 0.352 e. The summed E-state index contributed by atoms with van der Waals surface area (Å²) in [5, 5.41) is 16.5.